The third-order valence-electron chi connectivity index (χ3n) is 3.05. The molecule has 12 heteroatoms. The molecule has 0 atom stereocenters. The molecule has 0 saturated heterocycles. The summed E-state index contributed by atoms with van der Waals surface area (Å²) in [5.41, 5.74) is 0.232. The van der Waals surface area contributed by atoms with Gasteiger partial charge in [-0.25, -0.2) is 14.6 Å². The van der Waals surface area contributed by atoms with Crippen LogP contribution in [0, 0.1) is 6.92 Å². The van der Waals surface area contributed by atoms with E-state index in [4.69, 9.17) is 5.73 Å². The van der Waals surface area contributed by atoms with Crippen molar-refractivity contribution in [1.82, 2.24) is 19.7 Å². The topological polar surface area (TPSA) is 89.8 Å². The number of nitrogens with zero attached hydrogens (tertiary/aromatic N) is 4. The molecule has 0 spiro atoms. The summed E-state index contributed by atoms with van der Waals surface area (Å²) in [6.07, 6.45) is -11.0. The van der Waals surface area contributed by atoms with Crippen LogP contribution in [0.2, 0.25) is 0 Å². The predicted octanol–water partition coefficient (Wildman–Crippen LogP) is 2.60. The Bertz CT molecular complexity index is 694. The number of alkyl halides is 6. The first-order valence-electron chi connectivity index (χ1n) is 6.68. The fraction of sp³-hybridized carbons (Fsp3) is 0.583. The van der Waals surface area contributed by atoms with E-state index < -0.39 is 24.5 Å². The highest BCUT2D eigenvalue weighted by molar-refractivity contribution is 5.87. The maximum absolute atomic E-state index is 12.7. The molecule has 2 heterocycles. The quantitative estimate of drug-likeness (QED) is 0.805. The summed E-state index contributed by atoms with van der Waals surface area (Å²) >= 11 is 0. The van der Waals surface area contributed by atoms with E-state index in [1.165, 1.54) is 6.92 Å². The number of hydrogen-bond acceptors (Lipinski definition) is 5. The van der Waals surface area contributed by atoms with Crippen LogP contribution in [-0.4, -0.2) is 42.8 Å². The molecule has 2 aromatic rings. The van der Waals surface area contributed by atoms with Gasteiger partial charge in [0.2, 0.25) is 0 Å². The zero-order valence-electron chi connectivity index (χ0n) is 12.9. The lowest BCUT2D eigenvalue weighted by Crippen LogP contribution is -2.59. The second kappa shape index (κ2) is 6.42. The largest absolute Gasteiger partial charge is 0.428 e. The lowest BCUT2D eigenvalue weighted by atomic mass is 10.0. The van der Waals surface area contributed by atoms with Gasteiger partial charge in [-0.2, -0.15) is 31.4 Å². The summed E-state index contributed by atoms with van der Waals surface area (Å²) in [5, 5.41) is 12.7. The van der Waals surface area contributed by atoms with Crippen LogP contribution < -0.4 is 5.73 Å². The van der Waals surface area contributed by atoms with Crippen molar-refractivity contribution in [2.75, 3.05) is 5.73 Å². The molecule has 0 saturated carbocycles. The number of rotatable bonds is 2. The van der Waals surface area contributed by atoms with Crippen LogP contribution >= 0.6 is 0 Å². The smallest absolute Gasteiger partial charge is 0.383 e. The van der Waals surface area contributed by atoms with Crippen LogP contribution in [0.15, 0.2) is 6.33 Å². The standard InChI is InChI=1S/C10H9F6N5O.C2H6/c1-4-5-6(17)18-3-19-7(5)21(20-4)2-8(22,9(11,12)13)10(14,15)16;1-2/h3,22H,2H2,1H3,(H2,17,18,19);1-2H3. The molecule has 0 fully saturated rings. The van der Waals surface area contributed by atoms with Gasteiger partial charge in [0.1, 0.15) is 12.1 Å². The van der Waals surface area contributed by atoms with Gasteiger partial charge in [0.25, 0.3) is 5.60 Å². The highest BCUT2D eigenvalue weighted by atomic mass is 19.4. The Hall–Kier alpha value is -2.11. The summed E-state index contributed by atoms with van der Waals surface area (Å²) in [6.45, 7) is 3.42. The minimum Gasteiger partial charge on any atom is -0.383 e. The lowest BCUT2D eigenvalue weighted by Gasteiger charge is -2.32. The van der Waals surface area contributed by atoms with Crippen LogP contribution in [-0.2, 0) is 6.54 Å². The number of anilines is 1. The minimum absolute atomic E-state index is 0.0224. The normalized spacial score (nSPS) is 12.9. The van der Waals surface area contributed by atoms with Gasteiger partial charge >= 0.3 is 12.4 Å². The van der Waals surface area contributed by atoms with Crippen LogP contribution in [0.3, 0.4) is 0 Å². The van der Waals surface area contributed by atoms with Gasteiger partial charge in [-0.3, -0.25) is 0 Å². The molecule has 136 valence electrons. The van der Waals surface area contributed by atoms with Crippen molar-refractivity contribution in [1.29, 1.82) is 0 Å². The van der Waals surface area contributed by atoms with Crippen molar-refractivity contribution in [2.24, 2.45) is 0 Å². The Labute approximate surface area is 132 Å². The van der Waals surface area contributed by atoms with E-state index in [0.29, 0.717) is 4.68 Å². The molecule has 0 aromatic carbocycles. The first kappa shape index (κ1) is 19.9. The van der Waals surface area contributed by atoms with Gasteiger partial charge in [0.15, 0.2) is 5.65 Å². The van der Waals surface area contributed by atoms with Crippen molar-refractivity contribution in [3.05, 3.63) is 12.0 Å². The Kier molecular flexibility index (Phi) is 5.33. The Morgan fingerprint density at radius 1 is 1.08 bits per heavy atom. The van der Waals surface area contributed by atoms with Crippen molar-refractivity contribution in [2.45, 2.75) is 45.3 Å². The zero-order valence-corrected chi connectivity index (χ0v) is 12.9. The maximum Gasteiger partial charge on any atom is 0.428 e. The Balaban J connectivity index is 0.00000139. The molecule has 2 rings (SSSR count). The molecular weight excluding hydrogens is 344 g/mol. The van der Waals surface area contributed by atoms with Crippen molar-refractivity contribution >= 4 is 16.9 Å². The van der Waals surface area contributed by atoms with E-state index in [1.54, 1.807) is 0 Å². The van der Waals surface area contributed by atoms with E-state index in [-0.39, 0.29) is 22.5 Å². The average Bonchev–Trinajstić information content (AvgIpc) is 2.76. The van der Waals surface area contributed by atoms with Gasteiger partial charge < -0.3 is 10.8 Å². The second-order valence-corrected chi connectivity index (χ2v) is 4.56. The van der Waals surface area contributed by atoms with Gasteiger partial charge in [0, 0.05) is 0 Å². The maximum atomic E-state index is 12.7. The second-order valence-electron chi connectivity index (χ2n) is 4.56. The van der Waals surface area contributed by atoms with Crippen LogP contribution in [0.4, 0.5) is 32.2 Å². The molecule has 24 heavy (non-hydrogen) atoms. The average molecular weight is 359 g/mol. The van der Waals surface area contributed by atoms with Crippen LogP contribution in [0.25, 0.3) is 11.0 Å². The van der Waals surface area contributed by atoms with E-state index >= 15 is 0 Å². The fourth-order valence-corrected chi connectivity index (χ4v) is 1.88. The fourth-order valence-electron chi connectivity index (χ4n) is 1.88. The number of aliphatic hydroxyl groups is 1. The molecule has 0 bridgehead atoms. The third-order valence-corrected chi connectivity index (χ3v) is 3.05. The number of fused-ring (bicyclic) bond motifs is 1. The highest BCUT2D eigenvalue weighted by Gasteiger charge is 2.70. The van der Waals surface area contributed by atoms with Crippen molar-refractivity contribution in [3.63, 3.8) is 0 Å². The molecule has 0 aliphatic carbocycles. The monoisotopic (exact) mass is 359 g/mol. The van der Waals surface area contributed by atoms with Crippen molar-refractivity contribution in [3.8, 4) is 0 Å². The molecule has 0 radical (unpaired) electrons. The molecule has 3 N–H and O–H groups in total. The predicted molar refractivity (Wildman–Crippen MR) is 72.9 cm³/mol. The Morgan fingerprint density at radius 3 is 2.04 bits per heavy atom. The number of hydrogen-bond donors (Lipinski definition) is 2. The number of aryl methyl sites for hydroxylation is 1. The summed E-state index contributed by atoms with van der Waals surface area (Å²) in [5.74, 6) is -0.142. The number of nitrogen functional groups attached to an aromatic ring is 1. The molecule has 6 nitrogen and oxygen atoms in total. The number of halogens is 6. The molecule has 0 amide bonds. The molecular formula is C12H15F6N5O. The summed E-state index contributed by atoms with van der Waals surface area (Å²) in [6, 6.07) is 0. The number of nitrogens with two attached hydrogens (primary N) is 1. The van der Waals surface area contributed by atoms with E-state index in [1.807, 2.05) is 13.8 Å². The molecule has 0 aliphatic heterocycles. The SMILES string of the molecule is CC.Cc1nn(CC(O)(C(F)(F)F)C(F)(F)F)c2ncnc(N)c12. The van der Waals surface area contributed by atoms with Crippen molar-refractivity contribution < 1.29 is 31.4 Å². The van der Waals surface area contributed by atoms with E-state index in [9.17, 15) is 31.4 Å². The first-order valence-corrected chi connectivity index (χ1v) is 6.68. The minimum atomic E-state index is -5.95. The number of aromatic nitrogens is 4. The highest BCUT2D eigenvalue weighted by Crippen LogP contribution is 2.44. The molecule has 0 unspecified atom stereocenters. The summed E-state index contributed by atoms with van der Waals surface area (Å²) < 4.78 is 76.5. The van der Waals surface area contributed by atoms with Gasteiger partial charge in [-0.05, 0) is 6.92 Å². The van der Waals surface area contributed by atoms with Crippen LogP contribution in [0.5, 0.6) is 0 Å². The molecule has 0 aliphatic rings. The van der Waals surface area contributed by atoms with Gasteiger partial charge in [-0.1, -0.05) is 13.8 Å². The first-order chi connectivity index (χ1) is 10.9. The van der Waals surface area contributed by atoms with E-state index in [0.717, 1.165) is 6.33 Å². The summed E-state index contributed by atoms with van der Waals surface area (Å²) in [4.78, 5) is 7.16. The zero-order chi connectivity index (χ0) is 18.9. The summed E-state index contributed by atoms with van der Waals surface area (Å²) in [7, 11) is 0. The lowest BCUT2D eigenvalue weighted by molar-refractivity contribution is -0.372. The van der Waals surface area contributed by atoms with Crippen LogP contribution in [0.1, 0.15) is 19.5 Å². The third kappa shape index (κ3) is 3.23. The van der Waals surface area contributed by atoms with E-state index in [2.05, 4.69) is 15.1 Å². The van der Waals surface area contributed by atoms with Gasteiger partial charge in [0.05, 0.1) is 17.6 Å². The molecule has 2 aromatic heterocycles. The van der Waals surface area contributed by atoms with Gasteiger partial charge in [-0.15, -0.1) is 0 Å². The Morgan fingerprint density at radius 2 is 1.58 bits per heavy atom.